The highest BCUT2D eigenvalue weighted by atomic mass is 19.1. The van der Waals surface area contributed by atoms with Gasteiger partial charge in [-0.05, 0) is 30.5 Å². The molecule has 1 fully saturated rings. The highest BCUT2D eigenvalue weighted by Crippen LogP contribution is 2.18. The lowest BCUT2D eigenvalue weighted by molar-refractivity contribution is 0.0902. The van der Waals surface area contributed by atoms with Crippen molar-refractivity contribution in [2.24, 2.45) is 0 Å². The molecule has 2 N–H and O–H groups in total. The maximum atomic E-state index is 12.9. The summed E-state index contributed by atoms with van der Waals surface area (Å²) in [6.07, 6.45) is 3.91. The van der Waals surface area contributed by atoms with Gasteiger partial charge in [0, 0.05) is 12.6 Å². The van der Waals surface area contributed by atoms with E-state index in [4.69, 9.17) is 0 Å². The van der Waals surface area contributed by atoms with Gasteiger partial charge in [0.15, 0.2) is 0 Å². The van der Waals surface area contributed by atoms with E-state index >= 15 is 0 Å². The molecule has 2 atom stereocenters. The van der Waals surface area contributed by atoms with Gasteiger partial charge in [-0.1, -0.05) is 25.0 Å². The average Bonchev–Trinajstić information content (AvgIpc) is 2.28. The molecule has 0 bridgehead atoms. The fourth-order valence-corrected chi connectivity index (χ4v) is 2.25. The smallest absolute Gasteiger partial charge is 0.123 e. The van der Waals surface area contributed by atoms with Crippen LogP contribution in [-0.4, -0.2) is 17.3 Å². The average molecular weight is 223 g/mol. The zero-order valence-corrected chi connectivity index (χ0v) is 9.32. The normalized spacial score (nSPS) is 25.6. The van der Waals surface area contributed by atoms with Gasteiger partial charge >= 0.3 is 0 Å². The molecule has 0 heterocycles. The Kier molecular flexibility index (Phi) is 3.91. The quantitative estimate of drug-likeness (QED) is 0.823. The molecule has 88 valence electrons. The van der Waals surface area contributed by atoms with Crippen LogP contribution in [0.5, 0.6) is 0 Å². The van der Waals surface area contributed by atoms with Gasteiger partial charge in [-0.25, -0.2) is 4.39 Å². The van der Waals surface area contributed by atoms with E-state index < -0.39 is 0 Å². The summed E-state index contributed by atoms with van der Waals surface area (Å²) in [7, 11) is 0. The summed E-state index contributed by atoms with van der Waals surface area (Å²) < 4.78 is 12.9. The zero-order chi connectivity index (χ0) is 11.4. The number of halogens is 1. The maximum absolute atomic E-state index is 12.9. The van der Waals surface area contributed by atoms with Crippen molar-refractivity contribution in [3.63, 3.8) is 0 Å². The largest absolute Gasteiger partial charge is 0.392 e. The van der Waals surface area contributed by atoms with Crippen LogP contribution < -0.4 is 5.32 Å². The van der Waals surface area contributed by atoms with Gasteiger partial charge in [0.1, 0.15) is 5.82 Å². The molecular weight excluding hydrogens is 205 g/mol. The Labute approximate surface area is 95.5 Å². The standard InChI is InChI=1S/C13H18FNO/c14-11-5-3-4-10(8-11)9-15-12-6-1-2-7-13(12)16/h3-5,8,12-13,15-16H,1-2,6-7,9H2. The van der Waals surface area contributed by atoms with Crippen molar-refractivity contribution in [3.8, 4) is 0 Å². The number of rotatable bonds is 3. The monoisotopic (exact) mass is 223 g/mol. The third-order valence-corrected chi connectivity index (χ3v) is 3.19. The minimum absolute atomic E-state index is 0.164. The Hall–Kier alpha value is -0.930. The predicted octanol–water partition coefficient (Wildman–Crippen LogP) is 2.22. The molecule has 1 aromatic carbocycles. The highest BCUT2D eigenvalue weighted by molar-refractivity contribution is 5.16. The van der Waals surface area contributed by atoms with E-state index in [0.717, 1.165) is 31.2 Å². The highest BCUT2D eigenvalue weighted by Gasteiger charge is 2.21. The van der Waals surface area contributed by atoms with Crippen LogP contribution in [0.4, 0.5) is 4.39 Å². The van der Waals surface area contributed by atoms with Crippen LogP contribution in [0.25, 0.3) is 0 Å². The van der Waals surface area contributed by atoms with Crippen molar-refractivity contribution in [2.45, 2.75) is 44.4 Å². The zero-order valence-electron chi connectivity index (χ0n) is 9.32. The molecule has 0 spiro atoms. The minimum atomic E-state index is -0.248. The van der Waals surface area contributed by atoms with Gasteiger partial charge in [0.05, 0.1) is 6.10 Å². The molecule has 0 saturated heterocycles. The van der Waals surface area contributed by atoms with Crippen molar-refractivity contribution < 1.29 is 9.50 Å². The van der Waals surface area contributed by atoms with Crippen molar-refractivity contribution in [3.05, 3.63) is 35.6 Å². The summed E-state index contributed by atoms with van der Waals surface area (Å²) >= 11 is 0. The topological polar surface area (TPSA) is 32.3 Å². The lowest BCUT2D eigenvalue weighted by Gasteiger charge is -2.28. The van der Waals surface area contributed by atoms with E-state index in [-0.39, 0.29) is 18.0 Å². The Morgan fingerprint density at radius 3 is 2.88 bits per heavy atom. The fraction of sp³-hybridized carbons (Fsp3) is 0.538. The second-order valence-corrected chi connectivity index (χ2v) is 4.47. The van der Waals surface area contributed by atoms with E-state index in [1.54, 1.807) is 6.07 Å². The molecule has 2 rings (SSSR count). The van der Waals surface area contributed by atoms with Crippen LogP contribution in [-0.2, 0) is 6.54 Å². The van der Waals surface area contributed by atoms with Gasteiger partial charge in [0.25, 0.3) is 0 Å². The first-order chi connectivity index (χ1) is 7.75. The first kappa shape index (κ1) is 11.6. The summed E-state index contributed by atoms with van der Waals surface area (Å²) in [4.78, 5) is 0. The summed E-state index contributed by atoms with van der Waals surface area (Å²) in [5, 5.41) is 13.1. The van der Waals surface area contributed by atoms with Crippen molar-refractivity contribution in [1.29, 1.82) is 0 Å². The second-order valence-electron chi connectivity index (χ2n) is 4.47. The van der Waals surface area contributed by atoms with Crippen LogP contribution in [0.3, 0.4) is 0 Å². The molecule has 1 aliphatic rings. The van der Waals surface area contributed by atoms with E-state index in [1.165, 1.54) is 12.1 Å². The molecular formula is C13H18FNO. The lowest BCUT2D eigenvalue weighted by atomic mass is 9.92. The van der Waals surface area contributed by atoms with E-state index in [1.807, 2.05) is 6.07 Å². The molecule has 16 heavy (non-hydrogen) atoms. The number of benzene rings is 1. The first-order valence-electron chi connectivity index (χ1n) is 5.91. The Balaban J connectivity index is 1.86. The molecule has 2 nitrogen and oxygen atoms in total. The van der Waals surface area contributed by atoms with Crippen molar-refractivity contribution in [2.75, 3.05) is 0 Å². The van der Waals surface area contributed by atoms with Crippen LogP contribution in [0.1, 0.15) is 31.2 Å². The summed E-state index contributed by atoms with van der Waals surface area (Å²) in [5.74, 6) is -0.205. The molecule has 1 aromatic rings. The molecule has 0 amide bonds. The molecule has 0 aromatic heterocycles. The van der Waals surface area contributed by atoms with Crippen LogP contribution >= 0.6 is 0 Å². The molecule has 0 aliphatic heterocycles. The lowest BCUT2D eigenvalue weighted by Crippen LogP contribution is -2.41. The molecule has 1 aliphatic carbocycles. The Bertz CT molecular complexity index is 342. The Morgan fingerprint density at radius 2 is 2.12 bits per heavy atom. The fourth-order valence-electron chi connectivity index (χ4n) is 2.25. The molecule has 2 unspecified atom stereocenters. The summed E-state index contributed by atoms with van der Waals surface area (Å²) in [5.41, 5.74) is 0.928. The third-order valence-electron chi connectivity index (χ3n) is 3.19. The molecule has 1 saturated carbocycles. The number of hydrogen-bond donors (Lipinski definition) is 2. The van der Waals surface area contributed by atoms with Crippen molar-refractivity contribution >= 4 is 0 Å². The number of hydrogen-bond acceptors (Lipinski definition) is 2. The van der Waals surface area contributed by atoms with Crippen LogP contribution in [0, 0.1) is 5.82 Å². The third kappa shape index (κ3) is 3.03. The molecule has 3 heteroatoms. The van der Waals surface area contributed by atoms with Crippen molar-refractivity contribution in [1.82, 2.24) is 5.32 Å². The number of nitrogens with one attached hydrogen (secondary N) is 1. The van der Waals surface area contributed by atoms with E-state index in [0.29, 0.717) is 6.54 Å². The number of aliphatic hydroxyl groups excluding tert-OH is 1. The van der Waals surface area contributed by atoms with Gasteiger partial charge in [-0.15, -0.1) is 0 Å². The van der Waals surface area contributed by atoms with Gasteiger partial charge in [-0.2, -0.15) is 0 Å². The van der Waals surface area contributed by atoms with Gasteiger partial charge in [-0.3, -0.25) is 0 Å². The minimum Gasteiger partial charge on any atom is -0.392 e. The first-order valence-corrected chi connectivity index (χ1v) is 5.91. The van der Waals surface area contributed by atoms with Crippen LogP contribution in [0.15, 0.2) is 24.3 Å². The Morgan fingerprint density at radius 1 is 1.31 bits per heavy atom. The number of aliphatic hydroxyl groups is 1. The summed E-state index contributed by atoms with van der Waals surface area (Å²) in [6, 6.07) is 6.74. The molecule has 0 radical (unpaired) electrons. The maximum Gasteiger partial charge on any atom is 0.123 e. The van der Waals surface area contributed by atoms with Gasteiger partial charge in [0.2, 0.25) is 0 Å². The van der Waals surface area contributed by atoms with Crippen LogP contribution in [0.2, 0.25) is 0 Å². The predicted molar refractivity (Wildman–Crippen MR) is 61.5 cm³/mol. The van der Waals surface area contributed by atoms with Gasteiger partial charge < -0.3 is 10.4 Å². The summed E-state index contributed by atoms with van der Waals surface area (Å²) in [6.45, 7) is 0.624. The van der Waals surface area contributed by atoms with E-state index in [2.05, 4.69) is 5.32 Å². The SMILES string of the molecule is OC1CCCCC1NCc1cccc(F)c1. The van der Waals surface area contributed by atoms with E-state index in [9.17, 15) is 9.50 Å². The second kappa shape index (κ2) is 5.41.